The van der Waals surface area contributed by atoms with Crippen molar-refractivity contribution in [2.24, 2.45) is 0 Å². The summed E-state index contributed by atoms with van der Waals surface area (Å²) >= 11 is 1.36. The Kier molecular flexibility index (Phi) is 4.12. The highest BCUT2D eigenvalue weighted by Gasteiger charge is 2.20. The Hall–Kier alpha value is -3.14. The molecule has 0 aliphatic carbocycles. The predicted molar refractivity (Wildman–Crippen MR) is 102 cm³/mol. The molecule has 1 amide bonds. The summed E-state index contributed by atoms with van der Waals surface area (Å²) in [6.07, 6.45) is 3.55. The summed E-state index contributed by atoms with van der Waals surface area (Å²) in [6.45, 7) is 2.31. The smallest absolute Gasteiger partial charge is 0.288 e. The van der Waals surface area contributed by atoms with Gasteiger partial charge in [0.05, 0.1) is 0 Å². The number of hydrogen-bond acceptors (Lipinski definition) is 8. The average Bonchev–Trinajstić information content (AvgIpc) is 3.45. The van der Waals surface area contributed by atoms with Crippen LogP contribution in [0.4, 0.5) is 5.13 Å². The van der Waals surface area contributed by atoms with Gasteiger partial charge in [0.15, 0.2) is 11.5 Å². The van der Waals surface area contributed by atoms with Crippen LogP contribution in [-0.2, 0) is 6.54 Å². The van der Waals surface area contributed by atoms with Crippen molar-refractivity contribution in [3.8, 4) is 11.5 Å². The van der Waals surface area contributed by atoms with Gasteiger partial charge >= 0.3 is 0 Å². The largest absolute Gasteiger partial charge is 0.454 e. The number of fused-ring (bicyclic) bond motifs is 2. The third-order valence-electron chi connectivity index (χ3n) is 4.79. The maximum atomic E-state index is 12.7. The van der Waals surface area contributed by atoms with Crippen LogP contribution in [0, 0.1) is 0 Å². The second kappa shape index (κ2) is 6.79. The number of rotatable bonds is 4. The summed E-state index contributed by atoms with van der Waals surface area (Å²) in [4.78, 5) is 32.1. The van der Waals surface area contributed by atoms with E-state index in [9.17, 15) is 9.59 Å². The molecule has 10 heteroatoms. The second-order valence-corrected chi connectivity index (χ2v) is 7.55. The van der Waals surface area contributed by atoms with Crippen molar-refractivity contribution in [1.29, 1.82) is 0 Å². The molecule has 28 heavy (non-hydrogen) atoms. The SMILES string of the molecule is O=C(NCc1ccc2c(c1)OCO2)c1cnc2sc(N3CCCC3)nn2c1=O. The standard InChI is InChI=1S/C18H17N5O4S/c24-15(19-8-11-3-4-13-14(7-11)27-10-26-13)12-9-20-17-23(16(12)25)21-18(28-17)22-5-1-2-6-22/h3-4,7,9H,1-2,5-6,8,10H2,(H,19,24). The molecule has 1 fully saturated rings. The maximum absolute atomic E-state index is 12.7. The van der Waals surface area contributed by atoms with E-state index in [-0.39, 0.29) is 18.9 Å². The van der Waals surface area contributed by atoms with Crippen LogP contribution in [0.2, 0.25) is 0 Å². The molecule has 0 radical (unpaired) electrons. The number of carbonyl (C=O) groups is 1. The first-order chi connectivity index (χ1) is 13.7. The summed E-state index contributed by atoms with van der Waals surface area (Å²) in [5, 5.41) is 7.88. The van der Waals surface area contributed by atoms with Gasteiger partial charge < -0.3 is 19.7 Å². The quantitative estimate of drug-likeness (QED) is 0.708. The van der Waals surface area contributed by atoms with Crippen molar-refractivity contribution in [2.75, 3.05) is 24.8 Å². The molecule has 2 aliphatic rings. The molecule has 0 spiro atoms. The number of carbonyl (C=O) groups excluding carboxylic acids is 1. The lowest BCUT2D eigenvalue weighted by Crippen LogP contribution is -2.31. The van der Waals surface area contributed by atoms with E-state index in [1.165, 1.54) is 22.0 Å². The van der Waals surface area contributed by atoms with E-state index in [1.807, 2.05) is 6.07 Å². The zero-order valence-electron chi connectivity index (χ0n) is 14.9. The van der Waals surface area contributed by atoms with Crippen LogP contribution in [-0.4, -0.2) is 40.4 Å². The molecule has 4 heterocycles. The predicted octanol–water partition coefficient (Wildman–Crippen LogP) is 1.41. The molecule has 5 rings (SSSR count). The number of anilines is 1. The Morgan fingerprint density at radius 3 is 2.89 bits per heavy atom. The number of hydrogen-bond donors (Lipinski definition) is 1. The van der Waals surface area contributed by atoms with Gasteiger partial charge in [-0.2, -0.15) is 4.52 Å². The van der Waals surface area contributed by atoms with Gasteiger partial charge in [-0.05, 0) is 30.5 Å². The third-order valence-corrected chi connectivity index (χ3v) is 5.77. The molecule has 2 aromatic heterocycles. The van der Waals surface area contributed by atoms with E-state index >= 15 is 0 Å². The van der Waals surface area contributed by atoms with Crippen molar-refractivity contribution in [3.63, 3.8) is 0 Å². The summed E-state index contributed by atoms with van der Waals surface area (Å²) < 4.78 is 11.8. The van der Waals surface area contributed by atoms with Gasteiger partial charge in [-0.3, -0.25) is 9.59 Å². The molecular formula is C18H17N5O4S. The molecule has 1 aromatic carbocycles. The number of nitrogens with one attached hydrogen (secondary N) is 1. The number of benzene rings is 1. The van der Waals surface area contributed by atoms with Crippen LogP contribution in [0.15, 0.2) is 29.2 Å². The minimum atomic E-state index is -0.486. The van der Waals surface area contributed by atoms with Gasteiger partial charge in [-0.15, -0.1) is 5.10 Å². The zero-order valence-corrected chi connectivity index (χ0v) is 15.7. The van der Waals surface area contributed by atoms with Gasteiger partial charge in [-0.25, -0.2) is 4.98 Å². The maximum Gasteiger partial charge on any atom is 0.288 e. The summed E-state index contributed by atoms with van der Waals surface area (Å²) in [7, 11) is 0. The Labute approximate surface area is 163 Å². The van der Waals surface area contributed by atoms with E-state index in [2.05, 4.69) is 20.3 Å². The minimum Gasteiger partial charge on any atom is -0.454 e. The van der Waals surface area contributed by atoms with Gasteiger partial charge in [0, 0.05) is 25.8 Å². The van der Waals surface area contributed by atoms with Gasteiger partial charge in [-0.1, -0.05) is 17.4 Å². The van der Waals surface area contributed by atoms with Crippen molar-refractivity contribution in [3.05, 3.63) is 45.9 Å². The van der Waals surface area contributed by atoms with Crippen LogP contribution < -0.4 is 25.2 Å². The zero-order chi connectivity index (χ0) is 19.1. The van der Waals surface area contributed by atoms with Crippen molar-refractivity contribution >= 4 is 27.3 Å². The molecular weight excluding hydrogens is 382 g/mol. The molecule has 9 nitrogen and oxygen atoms in total. The molecule has 2 aliphatic heterocycles. The van der Waals surface area contributed by atoms with E-state index in [1.54, 1.807) is 12.1 Å². The Bertz CT molecular complexity index is 1120. The average molecular weight is 399 g/mol. The van der Waals surface area contributed by atoms with E-state index < -0.39 is 11.5 Å². The number of amides is 1. The molecule has 0 bridgehead atoms. The highest BCUT2D eigenvalue weighted by molar-refractivity contribution is 7.20. The molecule has 144 valence electrons. The third kappa shape index (κ3) is 2.95. The number of nitrogens with zero attached hydrogens (tertiary/aromatic N) is 4. The lowest BCUT2D eigenvalue weighted by atomic mass is 10.2. The summed E-state index contributed by atoms with van der Waals surface area (Å²) in [6, 6.07) is 5.44. The van der Waals surface area contributed by atoms with E-state index in [4.69, 9.17) is 9.47 Å². The fourth-order valence-corrected chi connectivity index (χ4v) is 4.21. The Morgan fingerprint density at radius 1 is 1.21 bits per heavy atom. The van der Waals surface area contributed by atoms with Gasteiger partial charge in [0.25, 0.3) is 11.5 Å². The fourth-order valence-electron chi connectivity index (χ4n) is 3.30. The van der Waals surface area contributed by atoms with Crippen LogP contribution in [0.3, 0.4) is 0 Å². The topological polar surface area (TPSA) is 98.1 Å². The molecule has 0 atom stereocenters. The molecule has 0 unspecified atom stereocenters. The monoisotopic (exact) mass is 399 g/mol. The minimum absolute atomic E-state index is 0.0310. The van der Waals surface area contributed by atoms with Crippen LogP contribution >= 0.6 is 11.3 Å². The highest BCUT2D eigenvalue weighted by Crippen LogP contribution is 2.32. The lowest BCUT2D eigenvalue weighted by molar-refractivity contribution is 0.0948. The van der Waals surface area contributed by atoms with Crippen LogP contribution in [0.25, 0.3) is 4.96 Å². The van der Waals surface area contributed by atoms with Crippen molar-refractivity contribution < 1.29 is 14.3 Å². The van der Waals surface area contributed by atoms with E-state index in [0.717, 1.165) is 36.6 Å². The Morgan fingerprint density at radius 2 is 2.04 bits per heavy atom. The molecule has 1 N–H and O–H groups in total. The Balaban J connectivity index is 1.35. The number of ether oxygens (including phenoxy) is 2. The normalized spacial score (nSPS) is 15.4. The highest BCUT2D eigenvalue weighted by atomic mass is 32.1. The molecule has 0 saturated carbocycles. The van der Waals surface area contributed by atoms with E-state index in [0.29, 0.717) is 16.5 Å². The summed E-state index contributed by atoms with van der Waals surface area (Å²) in [5.41, 5.74) is 0.350. The lowest BCUT2D eigenvalue weighted by Gasteiger charge is -2.10. The van der Waals surface area contributed by atoms with Crippen LogP contribution in [0.1, 0.15) is 28.8 Å². The first-order valence-electron chi connectivity index (χ1n) is 8.99. The van der Waals surface area contributed by atoms with Crippen LogP contribution in [0.5, 0.6) is 11.5 Å². The van der Waals surface area contributed by atoms with Gasteiger partial charge in [0.2, 0.25) is 16.9 Å². The summed E-state index contributed by atoms with van der Waals surface area (Å²) in [5.74, 6) is 0.840. The fraction of sp³-hybridized carbons (Fsp3) is 0.333. The van der Waals surface area contributed by atoms with Crippen molar-refractivity contribution in [2.45, 2.75) is 19.4 Å². The molecule has 3 aromatic rings. The molecule has 1 saturated heterocycles. The van der Waals surface area contributed by atoms with Crippen molar-refractivity contribution in [1.82, 2.24) is 19.9 Å². The first-order valence-corrected chi connectivity index (χ1v) is 9.81. The number of aromatic nitrogens is 3. The second-order valence-electron chi connectivity index (χ2n) is 6.62. The van der Waals surface area contributed by atoms with Gasteiger partial charge in [0.1, 0.15) is 5.56 Å². The first kappa shape index (κ1) is 17.0.